The predicted molar refractivity (Wildman–Crippen MR) is 262 cm³/mol. The van der Waals surface area contributed by atoms with Gasteiger partial charge < -0.3 is 4.90 Å². The fourth-order valence-electron chi connectivity index (χ4n) is 10.4. The third-order valence-corrected chi connectivity index (χ3v) is 14.6. The fraction of sp³-hybridized carbons (Fsp3) is 0.153. The van der Waals surface area contributed by atoms with Crippen molar-refractivity contribution in [2.45, 2.75) is 57.1 Å². The van der Waals surface area contributed by atoms with Crippen LogP contribution in [0.1, 0.15) is 68.2 Å². The minimum absolute atomic E-state index is 0.0671. The van der Waals surface area contributed by atoms with Crippen LogP contribution in [0.3, 0.4) is 0 Å². The van der Waals surface area contributed by atoms with Crippen molar-refractivity contribution in [3.05, 3.63) is 238 Å². The average Bonchev–Trinajstić information content (AvgIpc) is 3.43. The summed E-state index contributed by atoms with van der Waals surface area (Å²) in [6, 6.07) is 53.9. The summed E-state index contributed by atoms with van der Waals surface area (Å²) in [7, 11) is 0. The zero-order valence-electron chi connectivity index (χ0n) is 35.0. The molecule has 1 aliphatic heterocycles. The lowest BCUT2D eigenvalue weighted by Gasteiger charge is -2.29. The maximum atomic E-state index is 2.55. The first-order valence-electron chi connectivity index (χ1n) is 21.9. The SMILES string of the molecule is CC1(C)C2=C(C=C(C3=CCC=CC(N(c4ccccc4)c4ccc(-c5cccc6c5C5=C(C=CCC5)SC6)cc4)=C3)CC2)c2c(-c3ccccc3)cc(-c3ccccc3)cc21. The van der Waals surface area contributed by atoms with Crippen LogP contribution in [0.4, 0.5) is 11.4 Å². The van der Waals surface area contributed by atoms with E-state index in [1.165, 1.54) is 88.5 Å². The van der Waals surface area contributed by atoms with Gasteiger partial charge in [-0.25, -0.2) is 0 Å². The van der Waals surface area contributed by atoms with Crippen LogP contribution in [-0.2, 0) is 11.2 Å². The van der Waals surface area contributed by atoms with Crippen LogP contribution < -0.4 is 4.90 Å². The largest absolute Gasteiger partial charge is 0.310 e. The maximum Gasteiger partial charge on any atom is 0.0464 e. The lowest BCUT2D eigenvalue weighted by atomic mass is 9.76. The molecule has 0 aromatic heterocycles. The van der Waals surface area contributed by atoms with Gasteiger partial charge in [-0.05, 0) is 159 Å². The molecular formula is C59H49NS. The Morgan fingerprint density at radius 1 is 0.574 bits per heavy atom. The van der Waals surface area contributed by atoms with Gasteiger partial charge in [0, 0.05) is 33.1 Å². The van der Waals surface area contributed by atoms with E-state index in [4.69, 9.17) is 0 Å². The molecule has 5 aliphatic rings. The van der Waals surface area contributed by atoms with Gasteiger partial charge >= 0.3 is 0 Å². The molecule has 4 aliphatic carbocycles. The van der Waals surface area contributed by atoms with Gasteiger partial charge in [0.25, 0.3) is 0 Å². The molecular weight excluding hydrogens is 755 g/mol. The zero-order valence-corrected chi connectivity index (χ0v) is 35.8. The van der Waals surface area contributed by atoms with Gasteiger partial charge in [-0.1, -0.05) is 159 Å². The molecule has 1 nitrogen and oxygen atoms in total. The fourth-order valence-corrected chi connectivity index (χ4v) is 11.5. The van der Waals surface area contributed by atoms with E-state index in [1.807, 2.05) is 11.8 Å². The smallest absolute Gasteiger partial charge is 0.0464 e. The van der Waals surface area contributed by atoms with E-state index >= 15 is 0 Å². The van der Waals surface area contributed by atoms with Crippen LogP contribution in [0, 0.1) is 0 Å². The number of thioether (sulfide) groups is 1. The summed E-state index contributed by atoms with van der Waals surface area (Å²) >= 11 is 1.99. The van der Waals surface area contributed by atoms with Crippen LogP contribution in [0.15, 0.2) is 215 Å². The van der Waals surface area contributed by atoms with Crippen molar-refractivity contribution in [2.24, 2.45) is 0 Å². The Kier molecular flexibility index (Phi) is 9.62. The Bertz CT molecular complexity index is 2910. The molecule has 2 heteroatoms. The Labute approximate surface area is 365 Å². The van der Waals surface area contributed by atoms with Crippen LogP contribution >= 0.6 is 11.8 Å². The standard InChI is InChI=1S/C59H49NS/c1-59(2)54-34-31-44(36-53(54)58-52(41-19-8-4-9-20-41)37-46(38-55(58)59)40-17-6-3-7-18-40)43-21-12-13-25-49(35-43)60(47-23-10-5-11-24-47)48-32-29-42(30-33-48)50-27-16-22-45-39-61-56-28-15-14-26-51(56)57(45)50/h3-11,13,15-25,27-30,32-33,35-38H,12,14,26,31,34,39H2,1-2H3. The number of rotatable bonds is 7. The third kappa shape index (κ3) is 6.75. The summed E-state index contributed by atoms with van der Waals surface area (Å²) in [5.41, 5.74) is 24.1. The van der Waals surface area contributed by atoms with Crippen LogP contribution in [0.5, 0.6) is 0 Å². The van der Waals surface area contributed by atoms with E-state index in [0.29, 0.717) is 0 Å². The monoisotopic (exact) mass is 803 g/mol. The van der Waals surface area contributed by atoms with Crippen molar-refractivity contribution in [1.29, 1.82) is 0 Å². The van der Waals surface area contributed by atoms with Crippen LogP contribution in [-0.4, -0.2) is 0 Å². The number of allylic oxidation sites excluding steroid dienone is 12. The first kappa shape index (κ1) is 37.6. The van der Waals surface area contributed by atoms with Gasteiger partial charge in [-0.2, -0.15) is 0 Å². The number of hydrogen-bond acceptors (Lipinski definition) is 2. The minimum atomic E-state index is -0.0671. The van der Waals surface area contributed by atoms with E-state index < -0.39 is 0 Å². The van der Waals surface area contributed by atoms with Gasteiger partial charge in [0.2, 0.25) is 0 Å². The molecule has 0 saturated heterocycles. The highest BCUT2D eigenvalue weighted by Crippen LogP contribution is 2.55. The van der Waals surface area contributed by atoms with Gasteiger partial charge in [-0.3, -0.25) is 0 Å². The van der Waals surface area contributed by atoms with Crippen molar-refractivity contribution >= 4 is 34.3 Å². The lowest BCUT2D eigenvalue weighted by molar-refractivity contribution is 0.605. The average molecular weight is 804 g/mol. The molecule has 6 aromatic rings. The highest BCUT2D eigenvalue weighted by Gasteiger charge is 2.40. The van der Waals surface area contributed by atoms with Crippen molar-refractivity contribution < 1.29 is 0 Å². The molecule has 6 aromatic carbocycles. The van der Waals surface area contributed by atoms with E-state index in [1.54, 1.807) is 5.57 Å². The second-order valence-corrected chi connectivity index (χ2v) is 18.4. The van der Waals surface area contributed by atoms with Gasteiger partial charge in [0.05, 0.1) is 0 Å². The van der Waals surface area contributed by atoms with Gasteiger partial charge in [0.15, 0.2) is 0 Å². The molecule has 11 rings (SSSR count). The Hall–Kier alpha value is -6.35. The molecule has 1 heterocycles. The van der Waals surface area contributed by atoms with Gasteiger partial charge in [0.1, 0.15) is 0 Å². The second kappa shape index (κ2) is 15.6. The summed E-state index contributed by atoms with van der Waals surface area (Å²) < 4.78 is 0. The molecule has 0 bridgehead atoms. The van der Waals surface area contributed by atoms with Crippen LogP contribution in [0.25, 0.3) is 44.5 Å². The number of para-hydroxylation sites is 1. The van der Waals surface area contributed by atoms with Crippen molar-refractivity contribution in [2.75, 3.05) is 4.90 Å². The number of nitrogens with zero attached hydrogens (tertiary/aromatic N) is 1. The topological polar surface area (TPSA) is 3.24 Å². The molecule has 0 N–H and O–H groups in total. The quantitative estimate of drug-likeness (QED) is 0.158. The van der Waals surface area contributed by atoms with E-state index in [0.717, 1.165) is 49.2 Å². The zero-order chi connectivity index (χ0) is 40.9. The minimum Gasteiger partial charge on any atom is -0.310 e. The number of fused-ring (bicyclic) bond motifs is 4. The summed E-state index contributed by atoms with van der Waals surface area (Å²) in [6.45, 7) is 4.89. The highest BCUT2D eigenvalue weighted by atomic mass is 32.2. The molecule has 0 saturated carbocycles. The van der Waals surface area contributed by atoms with Gasteiger partial charge in [-0.15, -0.1) is 11.8 Å². The van der Waals surface area contributed by atoms with E-state index in [2.05, 4.69) is 207 Å². The van der Waals surface area contributed by atoms with Crippen molar-refractivity contribution in [3.8, 4) is 33.4 Å². The molecule has 296 valence electrons. The predicted octanol–water partition coefficient (Wildman–Crippen LogP) is 16.4. The summed E-state index contributed by atoms with van der Waals surface area (Å²) in [5.74, 6) is 1.03. The van der Waals surface area contributed by atoms with Crippen LogP contribution in [0.2, 0.25) is 0 Å². The Morgan fingerprint density at radius 2 is 1.30 bits per heavy atom. The molecule has 0 amide bonds. The molecule has 61 heavy (non-hydrogen) atoms. The number of hydrogen-bond donors (Lipinski definition) is 0. The number of anilines is 2. The molecule has 0 spiro atoms. The van der Waals surface area contributed by atoms with E-state index in [-0.39, 0.29) is 5.41 Å². The van der Waals surface area contributed by atoms with E-state index in [9.17, 15) is 0 Å². The first-order chi connectivity index (χ1) is 30.0. The first-order valence-corrected chi connectivity index (χ1v) is 22.9. The summed E-state index contributed by atoms with van der Waals surface area (Å²) in [5, 5.41) is 0. The maximum absolute atomic E-state index is 2.55. The summed E-state index contributed by atoms with van der Waals surface area (Å²) in [4.78, 5) is 3.88. The molecule has 0 radical (unpaired) electrons. The Morgan fingerprint density at radius 3 is 2.08 bits per heavy atom. The second-order valence-electron chi connectivity index (χ2n) is 17.4. The molecule has 0 fully saturated rings. The Balaban J connectivity index is 0.986. The van der Waals surface area contributed by atoms with Crippen molar-refractivity contribution in [3.63, 3.8) is 0 Å². The third-order valence-electron chi connectivity index (χ3n) is 13.4. The highest BCUT2D eigenvalue weighted by molar-refractivity contribution is 8.02. The van der Waals surface area contributed by atoms with Crippen molar-refractivity contribution in [1.82, 2.24) is 0 Å². The molecule has 0 atom stereocenters. The number of benzene rings is 6. The molecule has 0 unspecified atom stereocenters. The normalized spacial score (nSPS) is 17.4. The summed E-state index contributed by atoms with van der Waals surface area (Å²) in [6.07, 6.45) is 21.9. The lowest BCUT2D eigenvalue weighted by Crippen LogP contribution is -2.18.